The molecule has 0 aromatic heterocycles. The van der Waals surface area contributed by atoms with Crippen LogP contribution in [-0.2, 0) is 9.59 Å². The van der Waals surface area contributed by atoms with Gasteiger partial charge in [0, 0.05) is 12.8 Å². The van der Waals surface area contributed by atoms with Crippen LogP contribution in [0.15, 0.2) is 0 Å². The number of carboxylic acid groups (broad SMARTS) is 2. The van der Waals surface area contributed by atoms with Gasteiger partial charge in [-0.3, -0.25) is 9.59 Å². The molecule has 112 valence electrons. The molecule has 0 aliphatic heterocycles. The molecule has 0 radical (unpaired) electrons. The standard InChI is InChI=1S/C16H24O4/c17-13(18)1-3-15-6-11-5-12(7-15)9-16(8-11,10-15)4-2-14(19)20/h11-12H,1-10H2,(H,17,18)(H,19,20). The summed E-state index contributed by atoms with van der Waals surface area (Å²) in [6.45, 7) is 0. The van der Waals surface area contributed by atoms with Gasteiger partial charge in [0.15, 0.2) is 0 Å². The van der Waals surface area contributed by atoms with E-state index in [0.29, 0.717) is 0 Å². The lowest BCUT2D eigenvalue weighted by molar-refractivity contribution is -0.146. The average molecular weight is 280 g/mol. The maximum atomic E-state index is 10.9. The molecule has 4 rings (SSSR count). The van der Waals surface area contributed by atoms with Crippen LogP contribution in [0, 0.1) is 22.7 Å². The van der Waals surface area contributed by atoms with Crippen LogP contribution in [0.2, 0.25) is 0 Å². The summed E-state index contributed by atoms with van der Waals surface area (Å²) in [5.41, 5.74) is 0.419. The predicted octanol–water partition coefficient (Wildman–Crippen LogP) is 3.30. The Labute approximate surface area is 119 Å². The van der Waals surface area contributed by atoms with Crippen molar-refractivity contribution in [3.05, 3.63) is 0 Å². The Kier molecular flexibility index (Phi) is 3.30. The third-order valence-electron chi connectivity index (χ3n) is 6.04. The largest absolute Gasteiger partial charge is 0.481 e. The van der Waals surface area contributed by atoms with Crippen LogP contribution in [-0.4, -0.2) is 22.2 Å². The fraction of sp³-hybridized carbons (Fsp3) is 0.875. The van der Waals surface area contributed by atoms with Crippen LogP contribution in [0.5, 0.6) is 0 Å². The fourth-order valence-corrected chi connectivity index (χ4v) is 5.98. The van der Waals surface area contributed by atoms with Crippen molar-refractivity contribution in [2.24, 2.45) is 22.7 Å². The molecule has 0 spiro atoms. The third-order valence-corrected chi connectivity index (χ3v) is 6.04. The van der Waals surface area contributed by atoms with Gasteiger partial charge in [-0.1, -0.05) is 0 Å². The molecule has 0 amide bonds. The molecule has 4 saturated carbocycles. The molecule has 0 aromatic rings. The maximum absolute atomic E-state index is 10.9. The highest BCUT2D eigenvalue weighted by atomic mass is 16.4. The van der Waals surface area contributed by atoms with E-state index in [4.69, 9.17) is 10.2 Å². The van der Waals surface area contributed by atoms with Crippen LogP contribution in [0.25, 0.3) is 0 Å². The van der Waals surface area contributed by atoms with Crippen molar-refractivity contribution in [2.75, 3.05) is 0 Å². The van der Waals surface area contributed by atoms with Crippen LogP contribution < -0.4 is 0 Å². The SMILES string of the molecule is O=C(O)CCC12CC3CC(C1)CC(CCC(=O)O)(C3)C2. The quantitative estimate of drug-likeness (QED) is 0.782. The van der Waals surface area contributed by atoms with Gasteiger partial charge in [-0.2, -0.15) is 0 Å². The van der Waals surface area contributed by atoms with Gasteiger partial charge in [-0.05, 0) is 74.0 Å². The molecular weight excluding hydrogens is 256 g/mol. The summed E-state index contributed by atoms with van der Waals surface area (Å²) >= 11 is 0. The lowest BCUT2D eigenvalue weighted by Crippen LogP contribution is -2.52. The van der Waals surface area contributed by atoms with Gasteiger partial charge in [-0.15, -0.1) is 0 Å². The minimum absolute atomic E-state index is 0.209. The van der Waals surface area contributed by atoms with E-state index < -0.39 is 11.9 Å². The maximum Gasteiger partial charge on any atom is 0.303 e. The van der Waals surface area contributed by atoms with E-state index >= 15 is 0 Å². The van der Waals surface area contributed by atoms with Crippen LogP contribution in [0.1, 0.15) is 64.2 Å². The van der Waals surface area contributed by atoms with Crippen molar-refractivity contribution in [3.63, 3.8) is 0 Å². The third kappa shape index (κ3) is 2.57. The first-order chi connectivity index (χ1) is 9.40. The first kappa shape index (κ1) is 13.9. The molecule has 4 aliphatic rings. The molecule has 4 aliphatic carbocycles. The van der Waals surface area contributed by atoms with Crippen molar-refractivity contribution >= 4 is 11.9 Å². The second kappa shape index (κ2) is 4.74. The molecule has 4 nitrogen and oxygen atoms in total. The number of hydrogen-bond acceptors (Lipinski definition) is 2. The number of aliphatic carboxylic acids is 2. The monoisotopic (exact) mass is 280 g/mol. The van der Waals surface area contributed by atoms with E-state index in [0.717, 1.165) is 31.1 Å². The van der Waals surface area contributed by atoms with Gasteiger partial charge in [0.05, 0.1) is 0 Å². The number of carboxylic acids is 2. The molecule has 0 saturated heterocycles. The summed E-state index contributed by atoms with van der Waals surface area (Å²) in [6.07, 6.45) is 9.25. The highest BCUT2D eigenvalue weighted by Crippen LogP contribution is 2.67. The first-order valence-corrected chi connectivity index (χ1v) is 7.84. The zero-order valence-corrected chi connectivity index (χ0v) is 11.9. The normalized spacial score (nSPS) is 41.8. The van der Waals surface area contributed by atoms with Gasteiger partial charge >= 0.3 is 11.9 Å². The summed E-state index contributed by atoms with van der Waals surface area (Å²) < 4.78 is 0. The van der Waals surface area contributed by atoms with Gasteiger partial charge in [0.25, 0.3) is 0 Å². The summed E-state index contributed by atoms with van der Waals surface area (Å²) in [6, 6.07) is 0. The minimum Gasteiger partial charge on any atom is -0.481 e. The van der Waals surface area contributed by atoms with Crippen molar-refractivity contribution in [1.29, 1.82) is 0 Å². The molecular formula is C16H24O4. The van der Waals surface area contributed by atoms with Crippen molar-refractivity contribution in [1.82, 2.24) is 0 Å². The number of rotatable bonds is 6. The van der Waals surface area contributed by atoms with E-state index in [9.17, 15) is 9.59 Å². The highest BCUT2D eigenvalue weighted by Gasteiger charge is 2.56. The zero-order valence-electron chi connectivity index (χ0n) is 11.9. The van der Waals surface area contributed by atoms with Gasteiger partial charge < -0.3 is 10.2 Å². The molecule has 0 heterocycles. The van der Waals surface area contributed by atoms with Crippen molar-refractivity contribution < 1.29 is 19.8 Å². The summed E-state index contributed by atoms with van der Waals surface area (Å²) in [5.74, 6) is 0.0540. The Hall–Kier alpha value is -1.06. The Bertz CT molecular complexity index is 378. The Morgan fingerprint density at radius 2 is 1.25 bits per heavy atom. The van der Waals surface area contributed by atoms with Crippen molar-refractivity contribution in [2.45, 2.75) is 64.2 Å². The summed E-state index contributed by atoms with van der Waals surface area (Å²) in [7, 11) is 0. The van der Waals surface area contributed by atoms with Crippen LogP contribution in [0.4, 0.5) is 0 Å². The van der Waals surface area contributed by atoms with E-state index in [1.807, 2.05) is 0 Å². The lowest BCUT2D eigenvalue weighted by Gasteiger charge is -2.62. The van der Waals surface area contributed by atoms with Gasteiger partial charge in [0.2, 0.25) is 0 Å². The Morgan fingerprint density at radius 1 is 0.850 bits per heavy atom. The topological polar surface area (TPSA) is 74.6 Å². The predicted molar refractivity (Wildman–Crippen MR) is 73.3 cm³/mol. The molecule has 4 heteroatoms. The number of hydrogen-bond donors (Lipinski definition) is 2. The molecule has 2 N–H and O–H groups in total. The molecule has 20 heavy (non-hydrogen) atoms. The summed E-state index contributed by atoms with van der Waals surface area (Å²) in [5, 5.41) is 18.0. The van der Waals surface area contributed by atoms with Crippen molar-refractivity contribution in [3.8, 4) is 0 Å². The summed E-state index contributed by atoms with van der Waals surface area (Å²) in [4.78, 5) is 21.8. The molecule has 0 atom stereocenters. The van der Waals surface area contributed by atoms with E-state index in [1.54, 1.807) is 0 Å². The fourth-order valence-electron chi connectivity index (χ4n) is 5.98. The average Bonchev–Trinajstić information content (AvgIpc) is 2.33. The van der Waals surface area contributed by atoms with E-state index in [1.165, 1.54) is 32.1 Å². The smallest absolute Gasteiger partial charge is 0.303 e. The molecule has 0 aromatic carbocycles. The second-order valence-electron chi connectivity index (χ2n) is 7.75. The van der Waals surface area contributed by atoms with E-state index in [2.05, 4.69) is 0 Å². The lowest BCUT2D eigenvalue weighted by atomic mass is 9.42. The first-order valence-electron chi connectivity index (χ1n) is 7.84. The minimum atomic E-state index is -0.694. The highest BCUT2D eigenvalue weighted by molar-refractivity contribution is 5.67. The Morgan fingerprint density at radius 3 is 1.60 bits per heavy atom. The zero-order chi connectivity index (χ0) is 14.4. The Balaban J connectivity index is 1.74. The molecule has 0 unspecified atom stereocenters. The molecule has 4 fully saturated rings. The second-order valence-corrected chi connectivity index (χ2v) is 7.75. The van der Waals surface area contributed by atoms with Gasteiger partial charge in [-0.25, -0.2) is 0 Å². The van der Waals surface area contributed by atoms with Crippen LogP contribution in [0.3, 0.4) is 0 Å². The molecule has 4 bridgehead atoms. The van der Waals surface area contributed by atoms with Crippen LogP contribution >= 0.6 is 0 Å². The van der Waals surface area contributed by atoms with E-state index in [-0.39, 0.29) is 23.7 Å². The van der Waals surface area contributed by atoms with Gasteiger partial charge in [0.1, 0.15) is 0 Å². The number of carbonyl (C=O) groups is 2.